The molecule has 31 heavy (non-hydrogen) atoms. The van der Waals surface area contributed by atoms with Gasteiger partial charge in [0.15, 0.2) is 5.13 Å². The van der Waals surface area contributed by atoms with Crippen LogP contribution < -0.4 is 4.90 Å². The van der Waals surface area contributed by atoms with Gasteiger partial charge < -0.3 is 10.2 Å². The van der Waals surface area contributed by atoms with E-state index in [1.807, 2.05) is 48.5 Å². The largest absolute Gasteiger partial charge is 0.481 e. The first-order valence-corrected chi connectivity index (χ1v) is 11.1. The van der Waals surface area contributed by atoms with Crippen molar-refractivity contribution in [2.24, 2.45) is 5.92 Å². The van der Waals surface area contributed by atoms with Gasteiger partial charge in [0.1, 0.15) is 0 Å². The highest BCUT2D eigenvalue weighted by molar-refractivity contribution is 7.14. The Hall–Kier alpha value is -2.74. The minimum absolute atomic E-state index is 0.0131. The topological polar surface area (TPSA) is 90.7 Å². The number of carbonyl (C=O) groups excluding carboxylic acids is 1. The number of aliphatic hydroxyl groups excluding tert-OH is 1. The van der Waals surface area contributed by atoms with E-state index in [4.69, 9.17) is 11.6 Å². The summed E-state index contributed by atoms with van der Waals surface area (Å²) in [5.74, 6) is -2.22. The molecule has 0 aliphatic heterocycles. The van der Waals surface area contributed by atoms with Gasteiger partial charge in [-0.05, 0) is 25.0 Å². The summed E-state index contributed by atoms with van der Waals surface area (Å²) in [5, 5.41) is 22.1. The number of carbonyl (C=O) groups is 2. The Bertz CT molecular complexity index is 1040. The van der Waals surface area contributed by atoms with Crippen LogP contribution in [-0.4, -0.2) is 39.7 Å². The van der Waals surface area contributed by atoms with Crippen molar-refractivity contribution in [2.75, 3.05) is 11.4 Å². The molecular weight excluding hydrogens is 436 g/mol. The monoisotopic (exact) mass is 458 g/mol. The fourth-order valence-corrected chi connectivity index (χ4v) is 4.36. The van der Waals surface area contributed by atoms with Crippen molar-refractivity contribution in [1.82, 2.24) is 4.98 Å². The van der Waals surface area contributed by atoms with Crippen molar-refractivity contribution in [1.29, 1.82) is 0 Å². The van der Waals surface area contributed by atoms with Crippen LogP contribution in [0.4, 0.5) is 5.13 Å². The third-order valence-corrected chi connectivity index (χ3v) is 5.87. The normalized spacial score (nSPS) is 12.9. The molecule has 8 heteroatoms. The Morgan fingerprint density at radius 1 is 1.13 bits per heavy atom. The van der Waals surface area contributed by atoms with Crippen LogP contribution >= 0.6 is 22.9 Å². The Kier molecular flexibility index (Phi) is 7.79. The standard InChI is InChI=1S/C23H23ClN2O4S/c1-15(27)13-26(23-25-20(14-31-23)18-9-5-6-10-19(18)24)22(30)17(12-21(28)29)11-16-7-3-2-4-8-16/h2-10,14-15,17,27H,11-13H2,1H3,(H,28,29)/t15-,17-/m1/s1. The zero-order chi connectivity index (χ0) is 22.4. The average Bonchev–Trinajstić information content (AvgIpc) is 3.21. The maximum Gasteiger partial charge on any atom is 0.304 e. The highest BCUT2D eigenvalue weighted by atomic mass is 35.5. The van der Waals surface area contributed by atoms with E-state index in [1.54, 1.807) is 18.4 Å². The zero-order valence-electron chi connectivity index (χ0n) is 16.9. The van der Waals surface area contributed by atoms with Gasteiger partial charge in [0, 0.05) is 16.0 Å². The number of aliphatic carboxylic acids is 1. The van der Waals surface area contributed by atoms with Gasteiger partial charge in [-0.1, -0.05) is 60.1 Å². The van der Waals surface area contributed by atoms with Crippen LogP contribution in [0.15, 0.2) is 60.0 Å². The molecule has 2 atom stereocenters. The summed E-state index contributed by atoms with van der Waals surface area (Å²) in [5.41, 5.74) is 2.23. The molecule has 1 aromatic heterocycles. The number of amides is 1. The summed E-state index contributed by atoms with van der Waals surface area (Å²) in [7, 11) is 0. The van der Waals surface area contributed by atoms with Gasteiger partial charge in [-0.2, -0.15) is 0 Å². The quantitative estimate of drug-likeness (QED) is 0.492. The predicted molar refractivity (Wildman–Crippen MR) is 122 cm³/mol. The fraction of sp³-hybridized carbons (Fsp3) is 0.261. The minimum atomic E-state index is -1.05. The molecule has 2 N–H and O–H groups in total. The number of hydrogen-bond donors (Lipinski definition) is 2. The summed E-state index contributed by atoms with van der Waals surface area (Å²) in [6, 6.07) is 16.6. The Morgan fingerprint density at radius 2 is 1.81 bits per heavy atom. The highest BCUT2D eigenvalue weighted by Crippen LogP contribution is 2.33. The first-order valence-electron chi connectivity index (χ1n) is 9.80. The van der Waals surface area contributed by atoms with Crippen molar-refractivity contribution in [3.8, 4) is 11.3 Å². The molecular formula is C23H23ClN2O4S. The highest BCUT2D eigenvalue weighted by Gasteiger charge is 2.30. The van der Waals surface area contributed by atoms with Gasteiger partial charge in [-0.25, -0.2) is 4.98 Å². The number of anilines is 1. The van der Waals surface area contributed by atoms with Crippen LogP contribution in [0.25, 0.3) is 11.3 Å². The molecule has 6 nitrogen and oxygen atoms in total. The van der Waals surface area contributed by atoms with Gasteiger partial charge >= 0.3 is 5.97 Å². The van der Waals surface area contributed by atoms with Crippen LogP contribution in [0, 0.1) is 5.92 Å². The zero-order valence-corrected chi connectivity index (χ0v) is 18.5. The molecule has 2 aromatic carbocycles. The Labute approximate surface area is 189 Å². The van der Waals surface area contributed by atoms with Crippen molar-refractivity contribution < 1.29 is 19.8 Å². The fourth-order valence-electron chi connectivity index (χ4n) is 3.28. The van der Waals surface area contributed by atoms with Crippen molar-refractivity contribution in [2.45, 2.75) is 25.9 Å². The average molecular weight is 459 g/mol. The molecule has 0 spiro atoms. The third kappa shape index (κ3) is 6.13. The lowest BCUT2D eigenvalue weighted by Gasteiger charge is -2.26. The second-order valence-corrected chi connectivity index (χ2v) is 8.52. The number of carboxylic acid groups (broad SMARTS) is 1. The van der Waals surface area contributed by atoms with E-state index in [-0.39, 0.29) is 25.3 Å². The van der Waals surface area contributed by atoms with Gasteiger partial charge in [-0.15, -0.1) is 11.3 Å². The lowest BCUT2D eigenvalue weighted by Crippen LogP contribution is -2.41. The van der Waals surface area contributed by atoms with E-state index in [2.05, 4.69) is 4.98 Å². The number of aromatic nitrogens is 1. The Balaban J connectivity index is 1.92. The summed E-state index contributed by atoms with van der Waals surface area (Å²) >= 11 is 7.52. The Morgan fingerprint density at radius 3 is 2.45 bits per heavy atom. The molecule has 0 aliphatic carbocycles. The molecule has 162 valence electrons. The molecule has 0 fully saturated rings. The number of hydrogen-bond acceptors (Lipinski definition) is 5. The molecule has 0 aliphatic rings. The van der Waals surface area contributed by atoms with E-state index >= 15 is 0 Å². The molecule has 0 saturated heterocycles. The number of rotatable bonds is 9. The maximum atomic E-state index is 13.4. The second-order valence-electron chi connectivity index (χ2n) is 7.28. The SMILES string of the molecule is C[C@@H](O)CN(C(=O)[C@@H](CC(=O)O)Cc1ccccc1)c1nc(-c2ccccc2Cl)cs1. The number of thiazole rings is 1. The van der Waals surface area contributed by atoms with Crippen LogP contribution in [0.1, 0.15) is 18.9 Å². The summed E-state index contributed by atoms with van der Waals surface area (Å²) < 4.78 is 0. The lowest BCUT2D eigenvalue weighted by molar-refractivity contribution is -0.140. The summed E-state index contributed by atoms with van der Waals surface area (Å²) in [6.07, 6.45) is -0.837. The van der Waals surface area contributed by atoms with E-state index in [0.717, 1.165) is 11.1 Å². The first-order chi connectivity index (χ1) is 14.8. The van der Waals surface area contributed by atoms with Crippen LogP contribution in [0.3, 0.4) is 0 Å². The number of aliphatic hydroxyl groups is 1. The van der Waals surface area contributed by atoms with Gasteiger partial charge in [-0.3, -0.25) is 14.5 Å². The summed E-state index contributed by atoms with van der Waals surface area (Å²) in [4.78, 5) is 30.8. The molecule has 0 unspecified atom stereocenters. The molecule has 3 rings (SSSR count). The van der Waals surface area contributed by atoms with E-state index in [9.17, 15) is 19.8 Å². The molecule has 3 aromatic rings. The van der Waals surface area contributed by atoms with Crippen LogP contribution in [0.5, 0.6) is 0 Å². The minimum Gasteiger partial charge on any atom is -0.481 e. The lowest BCUT2D eigenvalue weighted by atomic mass is 9.94. The molecule has 0 saturated carbocycles. The van der Waals surface area contributed by atoms with Crippen molar-refractivity contribution in [3.63, 3.8) is 0 Å². The van der Waals surface area contributed by atoms with Gasteiger partial charge in [0.2, 0.25) is 5.91 Å². The smallest absolute Gasteiger partial charge is 0.304 e. The van der Waals surface area contributed by atoms with Crippen molar-refractivity contribution in [3.05, 3.63) is 70.6 Å². The first kappa shape index (κ1) is 22.9. The number of nitrogens with zero attached hydrogens (tertiary/aromatic N) is 2. The third-order valence-electron chi connectivity index (χ3n) is 4.68. The number of benzene rings is 2. The molecule has 0 bridgehead atoms. The van der Waals surface area contributed by atoms with E-state index in [0.29, 0.717) is 15.8 Å². The number of halogens is 1. The molecule has 1 heterocycles. The summed E-state index contributed by atoms with van der Waals surface area (Å²) in [6.45, 7) is 1.59. The van der Waals surface area contributed by atoms with Crippen LogP contribution in [0.2, 0.25) is 5.02 Å². The van der Waals surface area contributed by atoms with Gasteiger partial charge in [0.05, 0.1) is 30.7 Å². The van der Waals surface area contributed by atoms with Crippen LogP contribution in [-0.2, 0) is 16.0 Å². The second kappa shape index (κ2) is 10.5. The van der Waals surface area contributed by atoms with Crippen molar-refractivity contribution >= 4 is 39.9 Å². The van der Waals surface area contributed by atoms with E-state index in [1.165, 1.54) is 16.2 Å². The maximum absolute atomic E-state index is 13.4. The molecule has 1 amide bonds. The number of carboxylic acids is 1. The predicted octanol–water partition coefficient (Wildman–Crippen LogP) is 4.51. The van der Waals surface area contributed by atoms with E-state index < -0.39 is 18.0 Å². The molecule has 0 radical (unpaired) electrons. The van der Waals surface area contributed by atoms with Gasteiger partial charge in [0.25, 0.3) is 0 Å².